The third-order valence-corrected chi connectivity index (χ3v) is 5.03. The summed E-state index contributed by atoms with van der Waals surface area (Å²) in [4.78, 5) is 2.74. The summed E-state index contributed by atoms with van der Waals surface area (Å²) in [6.07, 6.45) is 6.58. The van der Waals surface area contributed by atoms with Crippen molar-refractivity contribution in [2.75, 3.05) is 32.8 Å². The van der Waals surface area contributed by atoms with Crippen LogP contribution >= 0.6 is 0 Å². The molecule has 0 amide bonds. The Morgan fingerprint density at radius 3 is 2.50 bits per heavy atom. The van der Waals surface area contributed by atoms with Gasteiger partial charge in [0.25, 0.3) is 0 Å². The van der Waals surface area contributed by atoms with Crippen LogP contribution in [0.25, 0.3) is 0 Å². The zero-order valence-corrected chi connectivity index (χ0v) is 14.0. The smallest absolute Gasteiger partial charge is 0.0472 e. The molecular weight excluding hydrogens is 248 g/mol. The minimum atomic E-state index is 0.207. The number of nitrogens with one attached hydrogen (secondary N) is 1. The summed E-state index contributed by atoms with van der Waals surface area (Å²) in [5.74, 6) is 0. The van der Waals surface area contributed by atoms with Crippen molar-refractivity contribution >= 4 is 0 Å². The maximum atomic E-state index is 5.63. The van der Waals surface area contributed by atoms with Gasteiger partial charge in [-0.3, -0.25) is 0 Å². The van der Waals surface area contributed by atoms with E-state index in [1.807, 2.05) is 0 Å². The van der Waals surface area contributed by atoms with Crippen molar-refractivity contribution in [1.29, 1.82) is 0 Å². The van der Waals surface area contributed by atoms with Gasteiger partial charge in [0.15, 0.2) is 0 Å². The van der Waals surface area contributed by atoms with E-state index in [4.69, 9.17) is 4.74 Å². The highest BCUT2D eigenvalue weighted by Gasteiger charge is 2.36. The monoisotopic (exact) mass is 282 g/mol. The molecule has 0 spiro atoms. The second kappa shape index (κ2) is 6.76. The second-order valence-electron chi connectivity index (χ2n) is 8.03. The molecule has 0 bridgehead atoms. The van der Waals surface area contributed by atoms with E-state index < -0.39 is 0 Å². The van der Waals surface area contributed by atoms with Crippen molar-refractivity contribution in [3.8, 4) is 0 Å². The van der Waals surface area contributed by atoms with Gasteiger partial charge in [0.05, 0.1) is 0 Å². The summed E-state index contributed by atoms with van der Waals surface area (Å²) in [5.41, 5.74) is 0.621. The molecule has 0 saturated carbocycles. The van der Waals surface area contributed by atoms with Crippen LogP contribution in [0.1, 0.15) is 59.8 Å². The molecule has 3 nitrogen and oxygen atoms in total. The molecule has 0 aromatic heterocycles. The van der Waals surface area contributed by atoms with Crippen LogP contribution in [-0.4, -0.2) is 49.3 Å². The van der Waals surface area contributed by atoms with Crippen molar-refractivity contribution < 1.29 is 4.74 Å². The Hall–Kier alpha value is -0.120. The van der Waals surface area contributed by atoms with Crippen LogP contribution in [0.15, 0.2) is 0 Å². The number of likely N-dealkylation sites (tertiary alicyclic amines) is 1. The first-order valence-electron chi connectivity index (χ1n) is 8.47. The SMILES string of the molecule is CC1CCCCN1CC1(CNC(C)(C)C)CCOCC1. The highest BCUT2D eigenvalue weighted by molar-refractivity contribution is 4.91. The number of hydrogen-bond donors (Lipinski definition) is 1. The molecule has 3 heteroatoms. The Kier molecular flexibility index (Phi) is 5.49. The van der Waals surface area contributed by atoms with Crippen LogP contribution in [-0.2, 0) is 4.74 Å². The summed E-state index contributed by atoms with van der Waals surface area (Å²) in [6.45, 7) is 14.8. The third-order valence-electron chi connectivity index (χ3n) is 5.03. The van der Waals surface area contributed by atoms with Crippen LogP contribution < -0.4 is 5.32 Å². The minimum Gasteiger partial charge on any atom is -0.381 e. The topological polar surface area (TPSA) is 24.5 Å². The van der Waals surface area contributed by atoms with Crippen LogP contribution in [0, 0.1) is 5.41 Å². The Bertz CT molecular complexity index is 292. The van der Waals surface area contributed by atoms with Crippen molar-refractivity contribution in [3.63, 3.8) is 0 Å². The van der Waals surface area contributed by atoms with E-state index >= 15 is 0 Å². The molecule has 1 atom stereocenters. The molecule has 2 fully saturated rings. The minimum absolute atomic E-state index is 0.207. The first-order chi connectivity index (χ1) is 9.40. The number of hydrogen-bond acceptors (Lipinski definition) is 3. The lowest BCUT2D eigenvalue weighted by Gasteiger charge is -2.45. The molecule has 2 rings (SSSR count). The molecule has 1 unspecified atom stereocenters. The van der Waals surface area contributed by atoms with E-state index in [2.05, 4.69) is 37.9 Å². The molecule has 0 aromatic rings. The largest absolute Gasteiger partial charge is 0.381 e. The molecule has 2 aliphatic rings. The van der Waals surface area contributed by atoms with Crippen molar-refractivity contribution in [2.45, 2.75) is 71.4 Å². The van der Waals surface area contributed by atoms with Crippen molar-refractivity contribution in [3.05, 3.63) is 0 Å². The molecule has 1 N–H and O–H groups in total. The van der Waals surface area contributed by atoms with Crippen molar-refractivity contribution in [1.82, 2.24) is 10.2 Å². The van der Waals surface area contributed by atoms with Crippen LogP contribution in [0.5, 0.6) is 0 Å². The normalized spacial score (nSPS) is 28.5. The summed E-state index contributed by atoms with van der Waals surface area (Å²) < 4.78 is 5.63. The summed E-state index contributed by atoms with van der Waals surface area (Å²) in [5, 5.41) is 3.75. The fourth-order valence-corrected chi connectivity index (χ4v) is 3.47. The molecule has 2 aliphatic heterocycles. The fraction of sp³-hybridized carbons (Fsp3) is 1.00. The Morgan fingerprint density at radius 2 is 1.90 bits per heavy atom. The Morgan fingerprint density at radius 1 is 1.20 bits per heavy atom. The van der Waals surface area contributed by atoms with E-state index in [-0.39, 0.29) is 5.54 Å². The predicted octanol–water partition coefficient (Wildman–Crippen LogP) is 3.05. The maximum absolute atomic E-state index is 5.63. The first-order valence-corrected chi connectivity index (χ1v) is 8.47. The molecule has 0 aliphatic carbocycles. The first kappa shape index (κ1) is 16.3. The van der Waals surface area contributed by atoms with Crippen molar-refractivity contribution in [2.24, 2.45) is 5.41 Å². The predicted molar refractivity (Wildman–Crippen MR) is 85.1 cm³/mol. The lowest BCUT2D eigenvalue weighted by atomic mass is 9.78. The van der Waals surface area contributed by atoms with Crippen LogP contribution in [0.3, 0.4) is 0 Å². The zero-order valence-electron chi connectivity index (χ0n) is 14.0. The third kappa shape index (κ3) is 4.71. The summed E-state index contributed by atoms with van der Waals surface area (Å²) >= 11 is 0. The Labute approximate surface area is 125 Å². The maximum Gasteiger partial charge on any atom is 0.0472 e. The number of rotatable bonds is 4. The number of piperidine rings is 1. The lowest BCUT2D eigenvalue weighted by molar-refractivity contribution is -0.0180. The van der Waals surface area contributed by atoms with Crippen LogP contribution in [0.2, 0.25) is 0 Å². The van der Waals surface area contributed by atoms with Gasteiger partial charge in [0.1, 0.15) is 0 Å². The van der Waals surface area contributed by atoms with Gasteiger partial charge in [0, 0.05) is 37.9 Å². The van der Waals surface area contributed by atoms with Gasteiger partial charge in [-0.15, -0.1) is 0 Å². The number of ether oxygens (including phenoxy) is 1. The van der Waals surface area contributed by atoms with E-state index in [0.717, 1.165) is 25.8 Å². The molecule has 118 valence electrons. The molecule has 2 heterocycles. The lowest BCUT2D eigenvalue weighted by Crippen LogP contribution is -2.53. The highest BCUT2D eigenvalue weighted by Crippen LogP contribution is 2.33. The van der Waals surface area contributed by atoms with Gasteiger partial charge in [-0.1, -0.05) is 6.42 Å². The van der Waals surface area contributed by atoms with E-state index in [9.17, 15) is 0 Å². The van der Waals surface area contributed by atoms with E-state index in [1.54, 1.807) is 0 Å². The molecule has 2 saturated heterocycles. The van der Waals surface area contributed by atoms with Gasteiger partial charge in [-0.05, 0) is 65.3 Å². The number of nitrogens with zero attached hydrogens (tertiary/aromatic N) is 1. The summed E-state index contributed by atoms with van der Waals surface area (Å²) in [6, 6.07) is 0.762. The fourth-order valence-electron chi connectivity index (χ4n) is 3.47. The van der Waals surface area contributed by atoms with Gasteiger partial charge < -0.3 is 15.0 Å². The molecular formula is C17H34N2O. The zero-order chi connectivity index (χ0) is 14.6. The van der Waals surface area contributed by atoms with Crippen LogP contribution in [0.4, 0.5) is 0 Å². The van der Waals surface area contributed by atoms with E-state index in [1.165, 1.54) is 45.2 Å². The second-order valence-corrected chi connectivity index (χ2v) is 8.03. The molecule has 20 heavy (non-hydrogen) atoms. The van der Waals surface area contributed by atoms with E-state index in [0.29, 0.717) is 5.41 Å². The molecule has 0 aromatic carbocycles. The summed E-state index contributed by atoms with van der Waals surface area (Å²) in [7, 11) is 0. The average molecular weight is 282 g/mol. The highest BCUT2D eigenvalue weighted by atomic mass is 16.5. The van der Waals surface area contributed by atoms with Gasteiger partial charge in [0.2, 0.25) is 0 Å². The molecule has 0 radical (unpaired) electrons. The average Bonchev–Trinajstić information content (AvgIpc) is 2.40. The van der Waals surface area contributed by atoms with Gasteiger partial charge >= 0.3 is 0 Å². The Balaban J connectivity index is 1.98. The van der Waals surface area contributed by atoms with Gasteiger partial charge in [-0.25, -0.2) is 0 Å². The van der Waals surface area contributed by atoms with Gasteiger partial charge in [-0.2, -0.15) is 0 Å². The quantitative estimate of drug-likeness (QED) is 0.858. The standard InChI is InChI=1S/C17H34N2O/c1-15-7-5-6-10-19(15)14-17(8-11-20-12-9-17)13-18-16(2,3)4/h15,18H,5-14H2,1-4H3.